The smallest absolute Gasteiger partial charge is 0.290 e. The molecule has 8 heteroatoms. The Hall–Kier alpha value is -4.10. The minimum atomic E-state index is -0.208. The number of halogens is 1. The van der Waals surface area contributed by atoms with Crippen molar-refractivity contribution in [1.29, 1.82) is 0 Å². The van der Waals surface area contributed by atoms with Crippen molar-refractivity contribution < 1.29 is 18.4 Å². The number of hydrogen-bond acceptors (Lipinski definition) is 6. The summed E-state index contributed by atoms with van der Waals surface area (Å²) in [7, 11) is 0. The van der Waals surface area contributed by atoms with Crippen molar-refractivity contribution >= 4 is 28.3 Å². The number of hydrogen-bond donors (Lipinski definition) is 0. The van der Waals surface area contributed by atoms with Crippen LogP contribution in [0.5, 0.6) is 5.75 Å². The van der Waals surface area contributed by atoms with Crippen LogP contribution in [0.2, 0.25) is 5.02 Å². The zero-order valence-corrected chi connectivity index (χ0v) is 20.0. The molecule has 3 aromatic carbocycles. The van der Waals surface area contributed by atoms with Gasteiger partial charge in [-0.3, -0.25) is 4.79 Å². The Balaban J connectivity index is 1.12. The van der Waals surface area contributed by atoms with E-state index in [0.29, 0.717) is 22.6 Å². The van der Waals surface area contributed by atoms with Crippen molar-refractivity contribution in [2.45, 2.75) is 32.0 Å². The molecule has 1 fully saturated rings. The van der Waals surface area contributed by atoms with Gasteiger partial charge in [-0.15, -0.1) is 10.2 Å². The number of nitrogens with zero attached hydrogens (tertiary/aromatic N) is 3. The van der Waals surface area contributed by atoms with E-state index in [2.05, 4.69) is 16.3 Å². The van der Waals surface area contributed by atoms with Crippen molar-refractivity contribution in [2.24, 2.45) is 0 Å². The molecule has 0 bridgehead atoms. The lowest BCUT2D eigenvalue weighted by Gasteiger charge is -2.19. The second-order valence-corrected chi connectivity index (χ2v) is 9.17. The first kappa shape index (κ1) is 22.4. The highest BCUT2D eigenvalue weighted by Crippen LogP contribution is 2.31. The summed E-state index contributed by atoms with van der Waals surface area (Å²) < 4.78 is 17.6. The third-order valence-corrected chi connectivity index (χ3v) is 6.34. The SMILES string of the molecule is O=C(c1ccc(COc2ccc3ccccc3c2)o1)N(Cc1nnc(-c2ccc(Cl)cc2)o1)C1CC1. The zero-order chi connectivity index (χ0) is 24.5. The quantitative estimate of drug-likeness (QED) is 0.242. The Bertz CT molecular complexity index is 1520. The molecule has 7 nitrogen and oxygen atoms in total. The summed E-state index contributed by atoms with van der Waals surface area (Å²) in [6, 6.07) is 24.8. The van der Waals surface area contributed by atoms with Crippen LogP contribution >= 0.6 is 11.6 Å². The van der Waals surface area contributed by atoms with Crippen LogP contribution in [0.1, 0.15) is 35.0 Å². The largest absolute Gasteiger partial charge is 0.486 e. The van der Waals surface area contributed by atoms with Gasteiger partial charge in [-0.1, -0.05) is 41.9 Å². The van der Waals surface area contributed by atoms with Crippen LogP contribution in [0.3, 0.4) is 0 Å². The summed E-state index contributed by atoms with van der Waals surface area (Å²) in [6.45, 7) is 0.441. The molecule has 36 heavy (non-hydrogen) atoms. The molecule has 0 unspecified atom stereocenters. The second-order valence-electron chi connectivity index (χ2n) is 8.74. The molecule has 1 saturated carbocycles. The van der Waals surface area contributed by atoms with Crippen LogP contribution < -0.4 is 4.74 Å². The van der Waals surface area contributed by atoms with Gasteiger partial charge in [0.1, 0.15) is 18.1 Å². The predicted octanol–water partition coefficient (Wildman–Crippen LogP) is 6.52. The molecular formula is C28H22ClN3O4. The molecule has 0 radical (unpaired) electrons. The van der Waals surface area contributed by atoms with E-state index in [4.69, 9.17) is 25.2 Å². The summed E-state index contributed by atoms with van der Waals surface area (Å²) in [5.41, 5.74) is 0.768. The number of furan rings is 1. The lowest BCUT2D eigenvalue weighted by atomic mass is 10.1. The van der Waals surface area contributed by atoms with E-state index in [9.17, 15) is 4.79 Å². The van der Waals surface area contributed by atoms with Crippen LogP contribution in [-0.4, -0.2) is 27.0 Å². The summed E-state index contributed by atoms with van der Waals surface area (Å²) in [4.78, 5) is 15.0. The minimum absolute atomic E-state index is 0.130. The number of amides is 1. The maximum absolute atomic E-state index is 13.3. The predicted molar refractivity (Wildman–Crippen MR) is 135 cm³/mol. The lowest BCUT2D eigenvalue weighted by molar-refractivity contribution is 0.0678. The fourth-order valence-electron chi connectivity index (χ4n) is 4.05. The standard InChI is InChI=1S/C28H22ClN3O4/c29-21-8-5-19(6-9-21)27-31-30-26(36-27)16-32(22-10-11-22)28(33)25-14-13-24(35-25)17-34-23-12-7-18-3-1-2-4-20(18)15-23/h1-9,12-15,22H,10-11,16-17H2. The third kappa shape index (κ3) is 4.83. The van der Waals surface area contributed by atoms with E-state index >= 15 is 0 Å². The van der Waals surface area contributed by atoms with Gasteiger partial charge in [-0.05, 0) is 72.1 Å². The first-order valence-corrected chi connectivity index (χ1v) is 12.1. The summed E-state index contributed by atoms with van der Waals surface area (Å²) in [5, 5.41) is 11.1. The van der Waals surface area contributed by atoms with Gasteiger partial charge in [-0.25, -0.2) is 0 Å². The van der Waals surface area contributed by atoms with E-state index < -0.39 is 0 Å². The molecule has 0 aliphatic heterocycles. The molecular weight excluding hydrogens is 478 g/mol. The van der Waals surface area contributed by atoms with Crippen molar-refractivity contribution in [3.05, 3.63) is 101 Å². The molecule has 2 aromatic heterocycles. The fourth-order valence-corrected chi connectivity index (χ4v) is 4.17. The number of carbonyl (C=O) groups is 1. The van der Waals surface area contributed by atoms with Gasteiger partial charge in [0.25, 0.3) is 5.91 Å². The average molecular weight is 500 g/mol. The summed E-state index contributed by atoms with van der Waals surface area (Å²) >= 11 is 5.95. The highest BCUT2D eigenvalue weighted by Gasteiger charge is 2.35. The Morgan fingerprint density at radius 1 is 0.944 bits per heavy atom. The van der Waals surface area contributed by atoms with E-state index in [-0.39, 0.29) is 30.9 Å². The van der Waals surface area contributed by atoms with Crippen LogP contribution in [-0.2, 0) is 13.2 Å². The third-order valence-electron chi connectivity index (χ3n) is 6.09. The molecule has 1 aliphatic carbocycles. The number of benzene rings is 3. The van der Waals surface area contributed by atoms with Crippen molar-refractivity contribution in [2.75, 3.05) is 0 Å². The van der Waals surface area contributed by atoms with E-state index in [1.54, 1.807) is 29.2 Å². The maximum atomic E-state index is 13.3. The number of ether oxygens (including phenoxy) is 1. The highest BCUT2D eigenvalue weighted by atomic mass is 35.5. The van der Waals surface area contributed by atoms with Crippen molar-refractivity contribution in [1.82, 2.24) is 15.1 Å². The van der Waals surface area contributed by atoms with Gasteiger partial charge in [0, 0.05) is 16.6 Å². The number of aromatic nitrogens is 2. The highest BCUT2D eigenvalue weighted by molar-refractivity contribution is 6.30. The first-order chi connectivity index (χ1) is 17.6. The molecule has 0 atom stereocenters. The number of rotatable bonds is 8. The van der Waals surface area contributed by atoms with Crippen molar-refractivity contribution in [3.8, 4) is 17.2 Å². The van der Waals surface area contributed by atoms with Gasteiger partial charge in [0.05, 0.1) is 6.54 Å². The molecule has 6 rings (SSSR count). The fraction of sp³-hybridized carbons (Fsp3) is 0.179. The zero-order valence-electron chi connectivity index (χ0n) is 19.3. The second kappa shape index (κ2) is 9.51. The normalized spacial score (nSPS) is 13.1. The Morgan fingerprint density at radius 3 is 2.56 bits per heavy atom. The van der Waals surface area contributed by atoms with Gasteiger partial charge >= 0.3 is 0 Å². The topological polar surface area (TPSA) is 81.6 Å². The molecule has 0 saturated heterocycles. The number of fused-ring (bicyclic) bond motifs is 1. The van der Waals surface area contributed by atoms with E-state index in [1.807, 2.05) is 48.5 Å². The maximum Gasteiger partial charge on any atom is 0.290 e. The molecule has 2 heterocycles. The van der Waals surface area contributed by atoms with Crippen LogP contribution in [0.25, 0.3) is 22.2 Å². The Kier molecular flexibility index (Phi) is 5.91. The van der Waals surface area contributed by atoms with Crippen LogP contribution in [0.4, 0.5) is 0 Å². The minimum Gasteiger partial charge on any atom is -0.486 e. The molecule has 0 N–H and O–H groups in total. The monoisotopic (exact) mass is 499 g/mol. The van der Waals surface area contributed by atoms with Crippen LogP contribution in [0, 0.1) is 0 Å². The van der Waals surface area contributed by atoms with E-state index in [0.717, 1.165) is 34.9 Å². The molecule has 1 amide bonds. The Labute approximate surface area is 212 Å². The molecule has 180 valence electrons. The number of carbonyl (C=O) groups excluding carboxylic acids is 1. The van der Waals surface area contributed by atoms with Gasteiger partial charge < -0.3 is 18.5 Å². The molecule has 5 aromatic rings. The van der Waals surface area contributed by atoms with Gasteiger partial charge in [0.2, 0.25) is 11.8 Å². The lowest BCUT2D eigenvalue weighted by Crippen LogP contribution is -2.32. The van der Waals surface area contributed by atoms with Gasteiger partial charge in [0.15, 0.2) is 5.76 Å². The van der Waals surface area contributed by atoms with E-state index in [1.165, 1.54) is 0 Å². The first-order valence-electron chi connectivity index (χ1n) is 11.7. The average Bonchev–Trinajstić information content (AvgIpc) is 3.44. The van der Waals surface area contributed by atoms with Crippen molar-refractivity contribution in [3.63, 3.8) is 0 Å². The Morgan fingerprint density at radius 2 is 1.75 bits per heavy atom. The van der Waals surface area contributed by atoms with Crippen LogP contribution in [0.15, 0.2) is 87.7 Å². The summed E-state index contributed by atoms with van der Waals surface area (Å²) in [6.07, 6.45) is 1.87. The van der Waals surface area contributed by atoms with Gasteiger partial charge in [-0.2, -0.15) is 0 Å². The molecule has 1 aliphatic rings. The summed E-state index contributed by atoms with van der Waals surface area (Å²) in [5.74, 6) is 2.12. The molecule has 0 spiro atoms.